The van der Waals surface area contributed by atoms with E-state index in [-0.39, 0.29) is 0 Å². The number of nitrogen functional groups attached to an aromatic ring is 1. The number of aryl methyl sites for hydroxylation is 2. The molecular formula is C15H19N3. The Morgan fingerprint density at radius 1 is 1.28 bits per heavy atom. The number of nitrogens with one attached hydrogen (secondary N) is 1. The molecule has 18 heavy (non-hydrogen) atoms. The van der Waals surface area contributed by atoms with Gasteiger partial charge in [-0.1, -0.05) is 13.0 Å². The van der Waals surface area contributed by atoms with Gasteiger partial charge in [-0.05, 0) is 55.4 Å². The van der Waals surface area contributed by atoms with E-state index in [1.807, 2.05) is 0 Å². The van der Waals surface area contributed by atoms with Crippen molar-refractivity contribution in [3.63, 3.8) is 0 Å². The van der Waals surface area contributed by atoms with Gasteiger partial charge in [0.1, 0.15) is 0 Å². The number of hydrazine groups is 1. The normalized spacial score (nSPS) is 14.6. The molecule has 0 fully saturated rings. The number of aromatic nitrogens is 1. The fraction of sp³-hybridized carbons (Fsp3) is 0.400. The molecule has 3 rings (SSSR count). The molecule has 2 aromatic rings. The molecule has 1 heterocycles. The van der Waals surface area contributed by atoms with Crippen molar-refractivity contribution in [2.24, 2.45) is 5.84 Å². The molecular weight excluding hydrogens is 222 g/mol. The molecule has 0 unspecified atom stereocenters. The van der Waals surface area contributed by atoms with Crippen molar-refractivity contribution < 1.29 is 0 Å². The maximum atomic E-state index is 5.75. The molecule has 0 radical (unpaired) electrons. The van der Waals surface area contributed by atoms with Crippen LogP contribution in [0.1, 0.15) is 36.6 Å². The lowest BCUT2D eigenvalue weighted by molar-refractivity contribution is 0.672. The highest BCUT2D eigenvalue weighted by molar-refractivity contribution is 5.93. The number of anilines is 1. The summed E-state index contributed by atoms with van der Waals surface area (Å²) in [5.74, 6) is 5.75. The van der Waals surface area contributed by atoms with Crippen LogP contribution in [0, 0.1) is 0 Å². The van der Waals surface area contributed by atoms with Crippen LogP contribution in [-0.4, -0.2) is 4.98 Å². The molecule has 0 saturated carbocycles. The molecule has 3 nitrogen and oxygen atoms in total. The summed E-state index contributed by atoms with van der Waals surface area (Å²) >= 11 is 0. The lowest BCUT2D eigenvalue weighted by Crippen LogP contribution is -2.15. The summed E-state index contributed by atoms with van der Waals surface area (Å²) in [6, 6.07) is 6.49. The summed E-state index contributed by atoms with van der Waals surface area (Å²) in [5, 5.41) is 1.16. The fourth-order valence-corrected chi connectivity index (χ4v) is 2.86. The molecule has 1 aromatic heterocycles. The second kappa shape index (κ2) is 4.58. The van der Waals surface area contributed by atoms with Crippen LogP contribution >= 0.6 is 0 Å². The van der Waals surface area contributed by atoms with Crippen LogP contribution in [0.5, 0.6) is 0 Å². The zero-order valence-electron chi connectivity index (χ0n) is 10.8. The van der Waals surface area contributed by atoms with Gasteiger partial charge in [0.2, 0.25) is 0 Å². The van der Waals surface area contributed by atoms with Crippen molar-refractivity contribution in [1.82, 2.24) is 4.98 Å². The van der Waals surface area contributed by atoms with E-state index in [1.165, 1.54) is 29.7 Å². The largest absolute Gasteiger partial charge is 0.323 e. The molecule has 1 aliphatic carbocycles. The highest BCUT2D eigenvalue weighted by Gasteiger charge is 2.17. The Labute approximate surface area is 107 Å². The van der Waals surface area contributed by atoms with E-state index in [2.05, 4.69) is 30.5 Å². The van der Waals surface area contributed by atoms with Crippen molar-refractivity contribution in [2.45, 2.75) is 39.0 Å². The Bertz CT molecular complexity index is 590. The first-order valence-electron chi connectivity index (χ1n) is 6.74. The Hall–Kier alpha value is -1.61. The Balaban J connectivity index is 2.30. The summed E-state index contributed by atoms with van der Waals surface area (Å²) in [7, 11) is 0. The van der Waals surface area contributed by atoms with Crippen molar-refractivity contribution in [3.05, 3.63) is 35.0 Å². The van der Waals surface area contributed by atoms with E-state index >= 15 is 0 Å². The van der Waals surface area contributed by atoms with Crippen molar-refractivity contribution in [2.75, 3.05) is 5.43 Å². The lowest BCUT2D eigenvalue weighted by Gasteiger charge is -2.20. The van der Waals surface area contributed by atoms with Crippen LogP contribution in [-0.2, 0) is 19.3 Å². The topological polar surface area (TPSA) is 50.9 Å². The smallest absolute Gasteiger partial charge is 0.0726 e. The SMILES string of the molecule is CCc1ccc2nc3c(c(NN)c2c1)CCCC3. The van der Waals surface area contributed by atoms with Crippen molar-refractivity contribution in [3.8, 4) is 0 Å². The fourth-order valence-electron chi connectivity index (χ4n) is 2.86. The van der Waals surface area contributed by atoms with E-state index in [0.29, 0.717) is 0 Å². The summed E-state index contributed by atoms with van der Waals surface area (Å²) in [5.41, 5.74) is 8.94. The van der Waals surface area contributed by atoms with Gasteiger partial charge in [0.05, 0.1) is 11.2 Å². The number of benzene rings is 1. The maximum Gasteiger partial charge on any atom is 0.0726 e. The van der Waals surface area contributed by atoms with Gasteiger partial charge >= 0.3 is 0 Å². The van der Waals surface area contributed by atoms with E-state index in [0.717, 1.165) is 35.9 Å². The van der Waals surface area contributed by atoms with Gasteiger partial charge in [0.25, 0.3) is 0 Å². The predicted molar refractivity (Wildman–Crippen MR) is 75.6 cm³/mol. The lowest BCUT2D eigenvalue weighted by atomic mass is 9.92. The van der Waals surface area contributed by atoms with Crippen LogP contribution in [0.3, 0.4) is 0 Å². The Kier molecular flexibility index (Phi) is 2.92. The molecule has 1 aliphatic rings. The minimum atomic E-state index is 1.04. The first kappa shape index (κ1) is 11.5. The second-order valence-corrected chi connectivity index (χ2v) is 4.97. The molecule has 0 spiro atoms. The van der Waals surface area contributed by atoms with Crippen LogP contribution in [0.2, 0.25) is 0 Å². The third-order valence-electron chi connectivity index (χ3n) is 3.88. The summed E-state index contributed by atoms with van der Waals surface area (Å²) < 4.78 is 0. The zero-order chi connectivity index (χ0) is 12.5. The molecule has 0 atom stereocenters. The quantitative estimate of drug-likeness (QED) is 0.628. The molecule has 3 heteroatoms. The summed E-state index contributed by atoms with van der Waals surface area (Å²) in [4.78, 5) is 4.80. The standard InChI is InChI=1S/C15H19N3/c1-2-10-7-8-14-12(9-10)15(18-16)11-5-3-4-6-13(11)17-14/h7-9H,2-6,16H2,1H3,(H,17,18). The molecule has 94 valence electrons. The molecule has 0 saturated heterocycles. The monoisotopic (exact) mass is 241 g/mol. The Morgan fingerprint density at radius 3 is 2.89 bits per heavy atom. The zero-order valence-corrected chi connectivity index (χ0v) is 10.8. The van der Waals surface area contributed by atoms with Gasteiger partial charge in [0, 0.05) is 11.1 Å². The molecule has 0 bridgehead atoms. The second-order valence-electron chi connectivity index (χ2n) is 4.97. The molecule has 1 aromatic carbocycles. The minimum absolute atomic E-state index is 1.04. The van der Waals surface area contributed by atoms with Crippen molar-refractivity contribution in [1.29, 1.82) is 0 Å². The first-order chi connectivity index (χ1) is 8.83. The van der Waals surface area contributed by atoms with E-state index in [4.69, 9.17) is 10.8 Å². The van der Waals surface area contributed by atoms with Gasteiger partial charge in [-0.25, -0.2) is 0 Å². The van der Waals surface area contributed by atoms with Crippen LogP contribution in [0.25, 0.3) is 10.9 Å². The van der Waals surface area contributed by atoms with Gasteiger partial charge < -0.3 is 5.43 Å². The number of fused-ring (bicyclic) bond motifs is 2. The third kappa shape index (κ3) is 1.75. The average Bonchev–Trinajstić information content (AvgIpc) is 2.44. The molecule has 3 N–H and O–H groups in total. The maximum absolute atomic E-state index is 5.75. The number of hydrogen-bond donors (Lipinski definition) is 2. The highest BCUT2D eigenvalue weighted by atomic mass is 15.2. The Morgan fingerprint density at radius 2 is 2.11 bits per heavy atom. The van der Waals surface area contributed by atoms with Crippen LogP contribution in [0.4, 0.5) is 5.69 Å². The third-order valence-corrected chi connectivity index (χ3v) is 3.88. The van der Waals surface area contributed by atoms with Gasteiger partial charge in [0.15, 0.2) is 0 Å². The van der Waals surface area contributed by atoms with Crippen LogP contribution in [0.15, 0.2) is 18.2 Å². The van der Waals surface area contributed by atoms with Crippen LogP contribution < -0.4 is 11.3 Å². The number of pyridine rings is 1. The highest BCUT2D eigenvalue weighted by Crippen LogP contribution is 2.33. The summed E-state index contributed by atoms with van der Waals surface area (Å²) in [6.45, 7) is 2.17. The first-order valence-corrected chi connectivity index (χ1v) is 6.74. The molecule has 0 amide bonds. The predicted octanol–water partition coefficient (Wildman–Crippen LogP) is 2.96. The van der Waals surface area contributed by atoms with E-state index < -0.39 is 0 Å². The number of rotatable bonds is 2. The number of nitrogens with two attached hydrogens (primary N) is 1. The average molecular weight is 241 g/mol. The van der Waals surface area contributed by atoms with Gasteiger partial charge in [-0.2, -0.15) is 0 Å². The van der Waals surface area contributed by atoms with Gasteiger partial charge in [-0.3, -0.25) is 10.8 Å². The number of hydrogen-bond acceptors (Lipinski definition) is 3. The van der Waals surface area contributed by atoms with E-state index in [1.54, 1.807) is 0 Å². The van der Waals surface area contributed by atoms with Crippen molar-refractivity contribution >= 4 is 16.6 Å². The number of nitrogens with zero attached hydrogens (tertiary/aromatic N) is 1. The van der Waals surface area contributed by atoms with Gasteiger partial charge in [-0.15, -0.1) is 0 Å². The molecule has 0 aliphatic heterocycles. The minimum Gasteiger partial charge on any atom is -0.323 e. The van der Waals surface area contributed by atoms with E-state index in [9.17, 15) is 0 Å². The summed E-state index contributed by atoms with van der Waals surface area (Å²) in [6.07, 6.45) is 5.69.